The Balaban J connectivity index is 1.41. The van der Waals surface area contributed by atoms with Gasteiger partial charge in [-0.1, -0.05) is 52.9 Å². The van der Waals surface area contributed by atoms with Gasteiger partial charge in [0.25, 0.3) is 0 Å². The number of phenols is 1. The second-order valence-electron chi connectivity index (χ2n) is 10.9. The Hall–Kier alpha value is -4.35. The summed E-state index contributed by atoms with van der Waals surface area (Å²) in [6.07, 6.45) is 0. The second kappa shape index (κ2) is 12.0. The summed E-state index contributed by atoms with van der Waals surface area (Å²) in [7, 11) is 0. The first kappa shape index (κ1) is 29.7. The van der Waals surface area contributed by atoms with Crippen LogP contribution in [0.1, 0.15) is 35.8 Å². The summed E-state index contributed by atoms with van der Waals surface area (Å²) in [4.78, 5) is 58.4. The van der Waals surface area contributed by atoms with Crippen LogP contribution in [0.25, 0.3) is 0 Å². The standard InChI is InChI=1S/C33H32N4O5S2/c1-4-35(5-2)22-14-8-20(9-15-22)26-27-28(31(41)37(30(27)40)23-12-6-19(3)7-13-23)43-32-29(26)44-33(42)36(32)18-25(39)34-21-10-16-24(38)17-11-21/h6-17,26-28,38H,4-5,18H2,1-3H3,(H,34,39). The Kier molecular flexibility index (Phi) is 8.08. The van der Waals surface area contributed by atoms with Crippen LogP contribution in [-0.2, 0) is 20.9 Å². The van der Waals surface area contributed by atoms with E-state index in [2.05, 4.69) is 24.1 Å². The molecule has 6 rings (SSSR count). The smallest absolute Gasteiger partial charge is 0.308 e. The van der Waals surface area contributed by atoms with Gasteiger partial charge in [0.15, 0.2) is 0 Å². The van der Waals surface area contributed by atoms with E-state index in [-0.39, 0.29) is 29.0 Å². The van der Waals surface area contributed by atoms with Crippen molar-refractivity contribution in [1.29, 1.82) is 0 Å². The monoisotopic (exact) mass is 628 g/mol. The fourth-order valence-electron chi connectivity index (χ4n) is 5.93. The highest BCUT2D eigenvalue weighted by Gasteiger charge is 2.56. The number of hydrogen-bond donors (Lipinski definition) is 2. The third-order valence-corrected chi connectivity index (χ3v) is 10.8. The molecule has 2 N–H and O–H groups in total. The summed E-state index contributed by atoms with van der Waals surface area (Å²) >= 11 is 2.21. The van der Waals surface area contributed by atoms with Crippen molar-refractivity contribution in [2.45, 2.75) is 43.5 Å². The number of nitrogens with zero attached hydrogens (tertiary/aromatic N) is 3. The van der Waals surface area contributed by atoms with Gasteiger partial charge in [-0.3, -0.25) is 23.7 Å². The number of thioether (sulfide) groups is 1. The molecule has 0 spiro atoms. The summed E-state index contributed by atoms with van der Waals surface area (Å²) in [5, 5.41) is 12.1. The number of thiazole rings is 1. The summed E-state index contributed by atoms with van der Waals surface area (Å²) in [5.41, 5.74) is 3.90. The van der Waals surface area contributed by atoms with E-state index in [4.69, 9.17) is 0 Å². The lowest BCUT2D eigenvalue weighted by Gasteiger charge is -2.31. The average Bonchev–Trinajstić information content (AvgIpc) is 3.46. The first-order chi connectivity index (χ1) is 21.2. The minimum atomic E-state index is -0.760. The normalized spacial score (nSPS) is 19.1. The van der Waals surface area contributed by atoms with Crippen LogP contribution >= 0.6 is 23.1 Å². The zero-order valence-electron chi connectivity index (χ0n) is 24.5. The SMILES string of the molecule is CCN(CC)c1ccc(C2c3sc(=O)n(CC(=O)Nc4ccc(O)cc4)c3SC3C(=O)N(c4ccc(C)cc4)C(=O)C32)cc1. The molecular formula is C33H32N4O5S2. The van der Waals surface area contributed by atoms with Crippen molar-refractivity contribution in [3.63, 3.8) is 0 Å². The van der Waals surface area contributed by atoms with Gasteiger partial charge in [-0.05, 0) is 74.9 Å². The van der Waals surface area contributed by atoms with E-state index in [9.17, 15) is 24.3 Å². The van der Waals surface area contributed by atoms with Gasteiger partial charge in [0.05, 0.1) is 16.6 Å². The van der Waals surface area contributed by atoms with Gasteiger partial charge in [-0.2, -0.15) is 0 Å². The molecule has 2 aliphatic heterocycles. The Morgan fingerprint density at radius 3 is 2.20 bits per heavy atom. The number of phenolic OH excluding ortho intramolecular Hbond substituents is 1. The minimum absolute atomic E-state index is 0.0729. The number of imide groups is 1. The van der Waals surface area contributed by atoms with Crippen LogP contribution in [0.2, 0.25) is 0 Å². The fourth-order valence-corrected chi connectivity index (χ4v) is 8.71. The van der Waals surface area contributed by atoms with Gasteiger partial charge in [0.2, 0.25) is 17.7 Å². The van der Waals surface area contributed by atoms with Crippen molar-refractivity contribution in [1.82, 2.24) is 4.57 Å². The fraction of sp³-hybridized carbons (Fsp3) is 0.273. The van der Waals surface area contributed by atoms with Gasteiger partial charge in [-0.25, -0.2) is 4.90 Å². The van der Waals surface area contributed by atoms with E-state index in [1.54, 1.807) is 24.3 Å². The maximum absolute atomic E-state index is 14.1. The molecule has 3 amide bonds. The van der Waals surface area contributed by atoms with Gasteiger partial charge in [0, 0.05) is 35.3 Å². The van der Waals surface area contributed by atoms with E-state index in [1.807, 2.05) is 43.3 Å². The number of hydrogen-bond acceptors (Lipinski definition) is 8. The lowest BCUT2D eigenvalue weighted by molar-refractivity contribution is -0.122. The van der Waals surface area contributed by atoms with E-state index in [1.165, 1.54) is 33.4 Å². The van der Waals surface area contributed by atoms with Crippen molar-refractivity contribution < 1.29 is 19.5 Å². The summed E-state index contributed by atoms with van der Waals surface area (Å²) < 4.78 is 1.40. The molecule has 0 saturated carbocycles. The Morgan fingerprint density at radius 2 is 1.57 bits per heavy atom. The average molecular weight is 629 g/mol. The molecule has 226 valence electrons. The molecule has 3 atom stereocenters. The Morgan fingerprint density at radius 1 is 0.909 bits per heavy atom. The largest absolute Gasteiger partial charge is 0.508 e. The molecule has 0 bridgehead atoms. The topological polar surface area (TPSA) is 112 Å². The molecule has 1 fully saturated rings. The van der Waals surface area contributed by atoms with Crippen molar-refractivity contribution in [3.8, 4) is 5.75 Å². The molecule has 11 heteroatoms. The highest BCUT2D eigenvalue weighted by atomic mass is 32.2. The summed E-state index contributed by atoms with van der Waals surface area (Å²) in [6.45, 7) is 7.56. The van der Waals surface area contributed by atoms with Crippen molar-refractivity contribution >= 4 is 57.9 Å². The number of benzene rings is 3. The molecule has 1 saturated heterocycles. The number of aromatic hydroxyl groups is 1. The highest BCUT2D eigenvalue weighted by molar-refractivity contribution is 8.00. The number of aryl methyl sites for hydroxylation is 1. The van der Waals surface area contributed by atoms with E-state index in [0.717, 1.165) is 41.2 Å². The molecule has 9 nitrogen and oxygen atoms in total. The van der Waals surface area contributed by atoms with Gasteiger partial charge in [-0.15, -0.1) is 0 Å². The molecule has 44 heavy (non-hydrogen) atoms. The molecule has 0 aliphatic carbocycles. The Bertz CT molecular complexity index is 1780. The Labute approximate surface area is 263 Å². The zero-order chi connectivity index (χ0) is 31.1. The zero-order valence-corrected chi connectivity index (χ0v) is 26.2. The lowest BCUT2D eigenvalue weighted by Crippen LogP contribution is -2.33. The molecule has 3 unspecified atom stereocenters. The third kappa shape index (κ3) is 5.30. The molecule has 3 heterocycles. The second-order valence-corrected chi connectivity index (χ2v) is 13.0. The van der Waals surface area contributed by atoms with Crippen LogP contribution in [0.4, 0.5) is 17.1 Å². The van der Waals surface area contributed by atoms with Crippen LogP contribution in [0.15, 0.2) is 82.6 Å². The van der Waals surface area contributed by atoms with Gasteiger partial charge in [0.1, 0.15) is 17.5 Å². The first-order valence-electron chi connectivity index (χ1n) is 14.5. The summed E-state index contributed by atoms with van der Waals surface area (Å²) in [6, 6.07) is 21.3. The van der Waals surface area contributed by atoms with Crippen molar-refractivity contribution in [2.24, 2.45) is 5.92 Å². The quantitative estimate of drug-likeness (QED) is 0.204. The predicted molar refractivity (Wildman–Crippen MR) is 174 cm³/mol. The van der Waals surface area contributed by atoms with Gasteiger partial charge < -0.3 is 15.3 Å². The van der Waals surface area contributed by atoms with E-state index in [0.29, 0.717) is 21.3 Å². The first-order valence-corrected chi connectivity index (χ1v) is 16.2. The van der Waals surface area contributed by atoms with Crippen LogP contribution in [0.3, 0.4) is 0 Å². The van der Waals surface area contributed by atoms with Crippen LogP contribution in [-0.4, -0.2) is 45.7 Å². The number of aromatic nitrogens is 1. The van der Waals surface area contributed by atoms with E-state index >= 15 is 0 Å². The molecule has 1 aromatic heterocycles. The molecule has 2 aliphatic rings. The number of carbonyl (C=O) groups is 3. The number of rotatable bonds is 8. The highest BCUT2D eigenvalue weighted by Crippen LogP contribution is 2.54. The number of fused-ring (bicyclic) bond motifs is 2. The molecule has 0 radical (unpaired) electrons. The van der Waals surface area contributed by atoms with Crippen molar-refractivity contribution in [2.75, 3.05) is 28.2 Å². The number of carbonyl (C=O) groups excluding carboxylic acids is 3. The van der Waals surface area contributed by atoms with Crippen LogP contribution < -0.4 is 20.0 Å². The maximum Gasteiger partial charge on any atom is 0.308 e. The van der Waals surface area contributed by atoms with Crippen molar-refractivity contribution in [3.05, 3.63) is 98.5 Å². The maximum atomic E-state index is 14.1. The number of nitrogens with one attached hydrogen (secondary N) is 1. The molecular weight excluding hydrogens is 597 g/mol. The molecule has 4 aromatic rings. The van der Waals surface area contributed by atoms with Crippen LogP contribution in [0, 0.1) is 12.8 Å². The van der Waals surface area contributed by atoms with E-state index < -0.39 is 23.0 Å². The molecule has 3 aromatic carbocycles. The minimum Gasteiger partial charge on any atom is -0.508 e. The lowest BCUT2D eigenvalue weighted by atomic mass is 9.83. The number of amides is 3. The van der Waals surface area contributed by atoms with Crippen LogP contribution in [0.5, 0.6) is 5.75 Å². The predicted octanol–water partition coefficient (Wildman–Crippen LogP) is 5.20. The van der Waals surface area contributed by atoms with Gasteiger partial charge >= 0.3 is 4.87 Å². The third-order valence-electron chi connectivity index (χ3n) is 8.18. The number of anilines is 3. The summed E-state index contributed by atoms with van der Waals surface area (Å²) in [5.74, 6) is -2.22.